The molecule has 1 fully saturated rings. The fourth-order valence-electron chi connectivity index (χ4n) is 4.25. The summed E-state index contributed by atoms with van der Waals surface area (Å²) in [7, 11) is 1.46. The number of piperidine rings is 1. The molecule has 1 aliphatic rings. The van der Waals surface area contributed by atoms with Crippen molar-refractivity contribution in [3.63, 3.8) is 0 Å². The molecular formula is C28H32FN3O4. The number of methoxy groups -OCH3 is 1. The second-order valence-corrected chi connectivity index (χ2v) is 8.73. The fraction of sp³-hybridized carbons (Fsp3) is 0.357. The number of aromatic nitrogens is 1. The molecule has 1 N–H and O–H groups in total. The standard InChI is InChI=1S/C28H32FN3O4/c1-3-35-27-17-22(5-7-26(27)36-19-20-8-12-30-13-9-20)28(33)31-23-10-14-32(15-11-23)18-21-4-6-25(34-2)24(29)16-21/h4-9,12-13,16-17,23H,3,10-11,14-15,18-19H2,1-2H3,(H,31,33). The number of nitrogens with zero attached hydrogens (tertiary/aromatic N) is 2. The SMILES string of the molecule is CCOc1cc(C(=O)NC2CCN(Cc3ccc(OC)c(F)c3)CC2)ccc1OCc1ccncc1. The molecule has 1 aromatic heterocycles. The molecular weight excluding hydrogens is 461 g/mol. The Morgan fingerprint density at radius 1 is 1.00 bits per heavy atom. The Bertz CT molecular complexity index is 1150. The highest BCUT2D eigenvalue weighted by molar-refractivity contribution is 5.95. The number of carbonyl (C=O) groups excluding carboxylic acids is 1. The van der Waals surface area contributed by atoms with Gasteiger partial charge < -0.3 is 19.5 Å². The molecule has 7 nitrogen and oxygen atoms in total. The van der Waals surface area contributed by atoms with Crippen LogP contribution in [0.15, 0.2) is 60.9 Å². The molecule has 0 radical (unpaired) electrons. The van der Waals surface area contributed by atoms with E-state index >= 15 is 0 Å². The van der Waals surface area contributed by atoms with Crippen molar-refractivity contribution in [3.05, 3.63) is 83.4 Å². The summed E-state index contributed by atoms with van der Waals surface area (Å²) in [5.74, 6) is 0.903. The first-order valence-corrected chi connectivity index (χ1v) is 12.2. The summed E-state index contributed by atoms with van der Waals surface area (Å²) in [6.07, 6.45) is 5.10. The minimum absolute atomic E-state index is 0.0829. The molecule has 1 aliphatic heterocycles. The van der Waals surface area contributed by atoms with Crippen molar-refractivity contribution < 1.29 is 23.4 Å². The maximum Gasteiger partial charge on any atom is 0.251 e. The van der Waals surface area contributed by atoms with Crippen molar-refractivity contribution in [2.45, 2.75) is 39.0 Å². The van der Waals surface area contributed by atoms with E-state index in [0.717, 1.165) is 37.1 Å². The number of nitrogens with one attached hydrogen (secondary N) is 1. The number of hydrogen-bond acceptors (Lipinski definition) is 6. The predicted molar refractivity (Wildman–Crippen MR) is 135 cm³/mol. The number of likely N-dealkylation sites (tertiary alicyclic amines) is 1. The highest BCUT2D eigenvalue weighted by atomic mass is 19.1. The first kappa shape index (κ1) is 25.4. The van der Waals surface area contributed by atoms with Crippen LogP contribution >= 0.6 is 0 Å². The average molecular weight is 494 g/mol. The van der Waals surface area contributed by atoms with Gasteiger partial charge >= 0.3 is 0 Å². The molecule has 0 unspecified atom stereocenters. The molecule has 190 valence electrons. The zero-order chi connectivity index (χ0) is 25.3. The van der Waals surface area contributed by atoms with Gasteiger partial charge in [0.2, 0.25) is 0 Å². The zero-order valence-electron chi connectivity index (χ0n) is 20.7. The van der Waals surface area contributed by atoms with Crippen LogP contribution < -0.4 is 19.5 Å². The van der Waals surface area contributed by atoms with E-state index in [1.54, 1.807) is 36.7 Å². The summed E-state index contributed by atoms with van der Waals surface area (Å²) in [4.78, 5) is 19.2. The lowest BCUT2D eigenvalue weighted by Crippen LogP contribution is -2.44. The monoisotopic (exact) mass is 493 g/mol. The van der Waals surface area contributed by atoms with E-state index < -0.39 is 0 Å². The third-order valence-electron chi connectivity index (χ3n) is 6.19. The van der Waals surface area contributed by atoms with E-state index in [-0.39, 0.29) is 23.5 Å². The lowest BCUT2D eigenvalue weighted by molar-refractivity contribution is 0.0908. The molecule has 3 aromatic rings. The van der Waals surface area contributed by atoms with Gasteiger partial charge in [-0.25, -0.2) is 4.39 Å². The van der Waals surface area contributed by atoms with Crippen molar-refractivity contribution >= 4 is 5.91 Å². The Hall–Kier alpha value is -3.65. The highest BCUT2D eigenvalue weighted by Crippen LogP contribution is 2.29. The van der Waals surface area contributed by atoms with Crippen LogP contribution in [0.5, 0.6) is 17.2 Å². The van der Waals surface area contributed by atoms with E-state index in [0.29, 0.717) is 36.8 Å². The fourth-order valence-corrected chi connectivity index (χ4v) is 4.25. The topological polar surface area (TPSA) is 72.9 Å². The third-order valence-corrected chi connectivity index (χ3v) is 6.19. The molecule has 0 bridgehead atoms. The second kappa shape index (κ2) is 12.4. The van der Waals surface area contributed by atoms with Gasteiger partial charge in [-0.1, -0.05) is 6.07 Å². The molecule has 4 rings (SSSR count). The van der Waals surface area contributed by atoms with Gasteiger partial charge in [0.15, 0.2) is 23.1 Å². The molecule has 0 saturated carbocycles. The summed E-state index contributed by atoms with van der Waals surface area (Å²) < 4.78 is 30.6. The van der Waals surface area contributed by atoms with Gasteiger partial charge in [0.05, 0.1) is 13.7 Å². The lowest BCUT2D eigenvalue weighted by atomic mass is 10.0. The number of amides is 1. The van der Waals surface area contributed by atoms with Gasteiger partial charge in [-0.05, 0) is 73.4 Å². The number of hydrogen-bond donors (Lipinski definition) is 1. The van der Waals surface area contributed by atoms with E-state index in [1.165, 1.54) is 13.2 Å². The van der Waals surface area contributed by atoms with Crippen LogP contribution in [-0.2, 0) is 13.2 Å². The summed E-state index contributed by atoms with van der Waals surface area (Å²) in [5, 5.41) is 3.14. The Morgan fingerprint density at radius 2 is 1.75 bits per heavy atom. The van der Waals surface area contributed by atoms with Gasteiger partial charge in [-0.15, -0.1) is 0 Å². The molecule has 0 atom stereocenters. The van der Waals surface area contributed by atoms with Gasteiger partial charge in [0.25, 0.3) is 5.91 Å². The minimum atomic E-state index is -0.350. The van der Waals surface area contributed by atoms with Crippen molar-refractivity contribution in [1.82, 2.24) is 15.2 Å². The van der Waals surface area contributed by atoms with Crippen LogP contribution in [0, 0.1) is 5.82 Å². The van der Waals surface area contributed by atoms with Crippen molar-refractivity contribution in [2.75, 3.05) is 26.8 Å². The summed E-state index contributed by atoms with van der Waals surface area (Å²) in [6, 6.07) is 14.2. The first-order chi connectivity index (χ1) is 17.6. The van der Waals surface area contributed by atoms with E-state index in [1.807, 2.05) is 25.1 Å². The van der Waals surface area contributed by atoms with Crippen LogP contribution in [-0.4, -0.2) is 48.6 Å². The minimum Gasteiger partial charge on any atom is -0.494 e. The molecule has 0 spiro atoms. The maximum atomic E-state index is 14.0. The third kappa shape index (κ3) is 6.73. The number of benzene rings is 2. The van der Waals surface area contributed by atoms with E-state index in [4.69, 9.17) is 14.2 Å². The summed E-state index contributed by atoms with van der Waals surface area (Å²) >= 11 is 0. The van der Waals surface area contributed by atoms with Crippen LogP contribution in [0.2, 0.25) is 0 Å². The lowest BCUT2D eigenvalue weighted by Gasteiger charge is -2.32. The number of rotatable bonds is 10. The maximum absolute atomic E-state index is 14.0. The first-order valence-electron chi connectivity index (χ1n) is 12.2. The smallest absolute Gasteiger partial charge is 0.251 e. The van der Waals surface area contributed by atoms with E-state index in [9.17, 15) is 9.18 Å². The molecule has 1 amide bonds. The van der Waals surface area contributed by atoms with Gasteiger partial charge in [0, 0.05) is 43.6 Å². The Kier molecular flexibility index (Phi) is 8.73. The molecule has 0 aliphatic carbocycles. The van der Waals surface area contributed by atoms with E-state index in [2.05, 4.69) is 15.2 Å². The van der Waals surface area contributed by atoms with Gasteiger partial charge in [-0.3, -0.25) is 14.7 Å². The van der Waals surface area contributed by atoms with Crippen molar-refractivity contribution in [2.24, 2.45) is 0 Å². The largest absolute Gasteiger partial charge is 0.494 e. The number of carbonyl (C=O) groups is 1. The second-order valence-electron chi connectivity index (χ2n) is 8.73. The van der Waals surface area contributed by atoms with Crippen molar-refractivity contribution in [1.29, 1.82) is 0 Å². The number of halogens is 1. The molecule has 1 saturated heterocycles. The molecule has 36 heavy (non-hydrogen) atoms. The molecule has 2 aromatic carbocycles. The van der Waals surface area contributed by atoms with Crippen LogP contribution in [0.25, 0.3) is 0 Å². The van der Waals surface area contributed by atoms with Crippen LogP contribution in [0.3, 0.4) is 0 Å². The molecule has 2 heterocycles. The van der Waals surface area contributed by atoms with Gasteiger partial charge in [-0.2, -0.15) is 0 Å². The Balaban J connectivity index is 1.30. The van der Waals surface area contributed by atoms with Crippen LogP contribution in [0.1, 0.15) is 41.3 Å². The Labute approximate surface area is 211 Å². The Morgan fingerprint density at radius 3 is 2.44 bits per heavy atom. The quantitative estimate of drug-likeness (QED) is 0.445. The zero-order valence-corrected chi connectivity index (χ0v) is 20.7. The average Bonchev–Trinajstić information content (AvgIpc) is 2.90. The van der Waals surface area contributed by atoms with Crippen molar-refractivity contribution in [3.8, 4) is 17.2 Å². The number of ether oxygens (including phenoxy) is 3. The highest BCUT2D eigenvalue weighted by Gasteiger charge is 2.22. The predicted octanol–water partition coefficient (Wildman–Crippen LogP) is 4.60. The van der Waals surface area contributed by atoms with Gasteiger partial charge in [0.1, 0.15) is 6.61 Å². The number of pyridine rings is 1. The summed E-state index contributed by atoms with van der Waals surface area (Å²) in [6.45, 7) is 5.06. The van der Waals surface area contributed by atoms with Crippen LogP contribution in [0.4, 0.5) is 4.39 Å². The normalized spacial score (nSPS) is 14.3. The molecule has 8 heteroatoms. The summed E-state index contributed by atoms with van der Waals surface area (Å²) in [5.41, 5.74) is 2.44.